The third-order valence-electron chi connectivity index (χ3n) is 3.30. The smallest absolute Gasteiger partial charge is 0.0949 e. The SMILES string of the molecule is c1ccc2c(c1)c1cccnc1c1[nH]ccc21. The third kappa shape index (κ3) is 1.07. The first kappa shape index (κ1) is 8.76. The van der Waals surface area contributed by atoms with E-state index in [1.165, 1.54) is 21.5 Å². The van der Waals surface area contributed by atoms with E-state index in [0.717, 1.165) is 11.0 Å². The predicted octanol–water partition coefficient (Wildman–Crippen LogP) is 3.87. The molecule has 4 aromatic rings. The van der Waals surface area contributed by atoms with Gasteiger partial charge in [-0.25, -0.2) is 0 Å². The molecule has 4 rings (SSSR count). The largest absolute Gasteiger partial charge is 0.359 e. The Labute approximate surface area is 97.9 Å². The van der Waals surface area contributed by atoms with Gasteiger partial charge in [-0.3, -0.25) is 4.98 Å². The van der Waals surface area contributed by atoms with E-state index in [9.17, 15) is 0 Å². The summed E-state index contributed by atoms with van der Waals surface area (Å²) in [6.45, 7) is 0. The van der Waals surface area contributed by atoms with Gasteiger partial charge in [-0.15, -0.1) is 0 Å². The fourth-order valence-electron chi connectivity index (χ4n) is 2.56. The Kier molecular flexibility index (Phi) is 1.59. The number of aromatic nitrogens is 2. The quantitative estimate of drug-likeness (QED) is 0.446. The molecular formula is C15H10N2. The van der Waals surface area contributed by atoms with Crippen LogP contribution >= 0.6 is 0 Å². The van der Waals surface area contributed by atoms with Crippen LogP contribution < -0.4 is 0 Å². The van der Waals surface area contributed by atoms with Gasteiger partial charge in [0, 0.05) is 23.2 Å². The van der Waals surface area contributed by atoms with Gasteiger partial charge in [-0.1, -0.05) is 30.3 Å². The van der Waals surface area contributed by atoms with Crippen molar-refractivity contribution in [1.29, 1.82) is 0 Å². The first-order valence-corrected chi connectivity index (χ1v) is 5.68. The molecule has 80 valence electrons. The summed E-state index contributed by atoms with van der Waals surface area (Å²) in [6, 6.07) is 14.7. The molecule has 2 aromatic heterocycles. The lowest BCUT2D eigenvalue weighted by Gasteiger charge is -2.05. The van der Waals surface area contributed by atoms with Crippen LogP contribution in [0.1, 0.15) is 0 Å². The maximum absolute atomic E-state index is 4.50. The Balaban J connectivity index is 2.48. The van der Waals surface area contributed by atoms with Crippen molar-refractivity contribution in [3.05, 3.63) is 54.9 Å². The van der Waals surface area contributed by atoms with Crippen LogP contribution in [0, 0.1) is 0 Å². The Bertz CT molecular complexity index is 773. The van der Waals surface area contributed by atoms with Crippen LogP contribution in [0.2, 0.25) is 0 Å². The van der Waals surface area contributed by atoms with E-state index in [2.05, 4.69) is 46.4 Å². The molecular weight excluding hydrogens is 208 g/mol. The van der Waals surface area contributed by atoms with Crippen LogP contribution in [0.4, 0.5) is 0 Å². The first-order valence-electron chi connectivity index (χ1n) is 5.68. The van der Waals surface area contributed by atoms with Crippen molar-refractivity contribution in [3.63, 3.8) is 0 Å². The van der Waals surface area contributed by atoms with Crippen LogP contribution in [0.3, 0.4) is 0 Å². The van der Waals surface area contributed by atoms with Crippen LogP contribution in [0.15, 0.2) is 54.9 Å². The van der Waals surface area contributed by atoms with Gasteiger partial charge in [0.2, 0.25) is 0 Å². The van der Waals surface area contributed by atoms with E-state index in [1.807, 2.05) is 18.5 Å². The second-order valence-electron chi connectivity index (χ2n) is 4.21. The summed E-state index contributed by atoms with van der Waals surface area (Å²) in [7, 11) is 0. The predicted molar refractivity (Wildman–Crippen MR) is 71.1 cm³/mol. The van der Waals surface area contributed by atoms with Crippen molar-refractivity contribution in [2.24, 2.45) is 0 Å². The second-order valence-corrected chi connectivity index (χ2v) is 4.21. The van der Waals surface area contributed by atoms with Crippen LogP contribution in [0.25, 0.3) is 32.6 Å². The molecule has 0 bridgehead atoms. The molecule has 2 nitrogen and oxygen atoms in total. The highest BCUT2D eigenvalue weighted by molar-refractivity contribution is 6.23. The Morgan fingerprint density at radius 3 is 2.41 bits per heavy atom. The first-order chi connectivity index (χ1) is 8.45. The van der Waals surface area contributed by atoms with Gasteiger partial charge in [0.15, 0.2) is 0 Å². The number of hydrogen-bond donors (Lipinski definition) is 1. The topological polar surface area (TPSA) is 28.7 Å². The van der Waals surface area contributed by atoms with Crippen LogP contribution in [-0.2, 0) is 0 Å². The zero-order valence-corrected chi connectivity index (χ0v) is 9.14. The number of benzene rings is 2. The van der Waals surface area contributed by atoms with Gasteiger partial charge in [-0.2, -0.15) is 0 Å². The summed E-state index contributed by atoms with van der Waals surface area (Å²) in [5.41, 5.74) is 2.17. The summed E-state index contributed by atoms with van der Waals surface area (Å²) >= 11 is 0. The molecule has 2 heterocycles. The molecule has 0 aliphatic heterocycles. The number of aromatic amines is 1. The number of pyridine rings is 1. The molecule has 0 unspecified atom stereocenters. The number of rotatable bonds is 0. The van der Waals surface area contributed by atoms with Crippen LogP contribution in [0.5, 0.6) is 0 Å². The molecule has 0 radical (unpaired) electrons. The number of hydrogen-bond acceptors (Lipinski definition) is 1. The standard InChI is InChI=1S/C15H10N2/c1-2-5-11-10(4-1)12-6-3-8-16-14(12)15-13(11)7-9-17-15/h1-9,17H. The molecule has 0 atom stereocenters. The highest BCUT2D eigenvalue weighted by Crippen LogP contribution is 2.32. The van der Waals surface area contributed by atoms with Gasteiger partial charge in [0.05, 0.1) is 11.0 Å². The van der Waals surface area contributed by atoms with E-state index in [0.29, 0.717) is 0 Å². The third-order valence-corrected chi connectivity index (χ3v) is 3.30. The van der Waals surface area contributed by atoms with Crippen molar-refractivity contribution < 1.29 is 0 Å². The fourth-order valence-corrected chi connectivity index (χ4v) is 2.56. The van der Waals surface area contributed by atoms with E-state index >= 15 is 0 Å². The van der Waals surface area contributed by atoms with Crippen molar-refractivity contribution in [2.75, 3.05) is 0 Å². The van der Waals surface area contributed by atoms with Crippen molar-refractivity contribution in [1.82, 2.24) is 9.97 Å². The molecule has 2 heteroatoms. The summed E-state index contributed by atoms with van der Waals surface area (Å²) in [4.78, 5) is 7.79. The highest BCUT2D eigenvalue weighted by atomic mass is 14.7. The van der Waals surface area contributed by atoms with Gasteiger partial charge in [0.25, 0.3) is 0 Å². The van der Waals surface area contributed by atoms with Gasteiger partial charge in [0.1, 0.15) is 0 Å². The minimum atomic E-state index is 1.05. The zero-order chi connectivity index (χ0) is 11.2. The summed E-state index contributed by atoms with van der Waals surface area (Å²) < 4.78 is 0. The molecule has 0 fully saturated rings. The lowest BCUT2D eigenvalue weighted by molar-refractivity contribution is 1.40. The highest BCUT2D eigenvalue weighted by Gasteiger charge is 2.08. The molecule has 0 aliphatic rings. The molecule has 2 aromatic carbocycles. The molecule has 0 amide bonds. The Hall–Kier alpha value is -2.35. The Morgan fingerprint density at radius 2 is 1.53 bits per heavy atom. The van der Waals surface area contributed by atoms with E-state index < -0.39 is 0 Å². The molecule has 0 saturated heterocycles. The summed E-state index contributed by atoms with van der Waals surface area (Å²) in [5, 5.41) is 5.00. The van der Waals surface area contributed by atoms with Crippen LogP contribution in [-0.4, -0.2) is 9.97 Å². The average molecular weight is 218 g/mol. The van der Waals surface area contributed by atoms with Crippen molar-refractivity contribution in [2.45, 2.75) is 0 Å². The summed E-state index contributed by atoms with van der Waals surface area (Å²) in [6.07, 6.45) is 3.82. The average Bonchev–Trinajstić information content (AvgIpc) is 2.89. The van der Waals surface area contributed by atoms with Crippen molar-refractivity contribution in [3.8, 4) is 0 Å². The normalized spacial score (nSPS) is 11.5. The number of fused-ring (bicyclic) bond motifs is 6. The lowest BCUT2D eigenvalue weighted by atomic mass is 10.0. The van der Waals surface area contributed by atoms with Gasteiger partial charge >= 0.3 is 0 Å². The number of nitrogens with one attached hydrogen (secondary N) is 1. The second kappa shape index (κ2) is 3.08. The van der Waals surface area contributed by atoms with Gasteiger partial charge < -0.3 is 4.98 Å². The minimum Gasteiger partial charge on any atom is -0.359 e. The van der Waals surface area contributed by atoms with Gasteiger partial charge in [-0.05, 0) is 22.9 Å². The van der Waals surface area contributed by atoms with E-state index in [1.54, 1.807) is 0 Å². The van der Waals surface area contributed by atoms with E-state index in [4.69, 9.17) is 0 Å². The number of nitrogens with zero attached hydrogens (tertiary/aromatic N) is 1. The fraction of sp³-hybridized carbons (Fsp3) is 0. The minimum absolute atomic E-state index is 1.05. The lowest BCUT2D eigenvalue weighted by Crippen LogP contribution is -1.83. The molecule has 17 heavy (non-hydrogen) atoms. The zero-order valence-electron chi connectivity index (χ0n) is 9.14. The molecule has 1 N–H and O–H groups in total. The summed E-state index contributed by atoms with van der Waals surface area (Å²) in [5.74, 6) is 0. The monoisotopic (exact) mass is 218 g/mol. The molecule has 0 aliphatic carbocycles. The molecule has 0 saturated carbocycles. The number of H-pyrrole nitrogens is 1. The molecule has 0 spiro atoms. The maximum atomic E-state index is 4.50. The van der Waals surface area contributed by atoms with Crippen molar-refractivity contribution >= 4 is 32.6 Å². The Morgan fingerprint density at radius 1 is 0.765 bits per heavy atom. The van der Waals surface area contributed by atoms with E-state index in [-0.39, 0.29) is 0 Å². The maximum Gasteiger partial charge on any atom is 0.0949 e.